The molecule has 1 heterocycles. The van der Waals surface area contributed by atoms with Crippen molar-refractivity contribution in [1.82, 2.24) is 10.3 Å². The van der Waals surface area contributed by atoms with Crippen molar-refractivity contribution < 1.29 is 24.2 Å². The Hall–Kier alpha value is -3.20. The Morgan fingerprint density at radius 2 is 1.88 bits per heavy atom. The summed E-state index contributed by atoms with van der Waals surface area (Å²) >= 11 is 3.53. The Bertz CT molecular complexity index is 1290. The maximum atomic E-state index is 14.8. The zero-order valence-corrected chi connectivity index (χ0v) is 19.3. The van der Waals surface area contributed by atoms with Crippen molar-refractivity contribution in [3.05, 3.63) is 73.2 Å². The second-order valence-electron chi connectivity index (χ2n) is 8.44. The summed E-state index contributed by atoms with van der Waals surface area (Å²) in [7, 11) is 0. The molecule has 0 spiro atoms. The lowest BCUT2D eigenvalue weighted by Crippen LogP contribution is -2.33. The normalized spacial score (nSPS) is 11.5. The molecule has 0 radical (unpaired) electrons. The SMILES string of the molecule is CC(C)(C)c1ccc(Cc2c(F)ccc3c(O)c(C(=O)NCC(=O)O)c(=O)[nH]c23)c(Br)c1. The van der Waals surface area contributed by atoms with Gasteiger partial charge in [0.1, 0.15) is 23.7 Å². The maximum Gasteiger partial charge on any atom is 0.322 e. The third kappa shape index (κ3) is 4.67. The van der Waals surface area contributed by atoms with Crippen LogP contribution in [0.5, 0.6) is 5.75 Å². The van der Waals surface area contributed by atoms with Crippen LogP contribution in [0.4, 0.5) is 4.39 Å². The molecule has 7 nitrogen and oxygen atoms in total. The molecule has 168 valence electrons. The van der Waals surface area contributed by atoms with Gasteiger partial charge in [-0.1, -0.05) is 48.8 Å². The molecule has 0 unspecified atom stereocenters. The third-order valence-corrected chi connectivity index (χ3v) is 5.87. The number of pyridine rings is 1. The number of halogens is 2. The van der Waals surface area contributed by atoms with Crippen LogP contribution >= 0.6 is 15.9 Å². The van der Waals surface area contributed by atoms with Gasteiger partial charge in [-0.2, -0.15) is 0 Å². The van der Waals surface area contributed by atoms with Crippen molar-refractivity contribution in [2.75, 3.05) is 6.54 Å². The highest BCUT2D eigenvalue weighted by Crippen LogP contribution is 2.33. The van der Waals surface area contributed by atoms with E-state index in [-0.39, 0.29) is 28.3 Å². The molecule has 3 aromatic rings. The van der Waals surface area contributed by atoms with Gasteiger partial charge in [0.05, 0.1) is 5.52 Å². The summed E-state index contributed by atoms with van der Waals surface area (Å²) in [5.41, 5.74) is 0.424. The Morgan fingerprint density at radius 3 is 2.47 bits per heavy atom. The van der Waals surface area contributed by atoms with E-state index >= 15 is 0 Å². The summed E-state index contributed by atoms with van der Waals surface area (Å²) in [4.78, 5) is 37.9. The van der Waals surface area contributed by atoms with Gasteiger partial charge in [0.15, 0.2) is 0 Å². The minimum Gasteiger partial charge on any atom is -0.506 e. The van der Waals surface area contributed by atoms with Crippen LogP contribution in [-0.4, -0.2) is 33.6 Å². The Balaban J connectivity index is 2.09. The molecule has 0 saturated carbocycles. The van der Waals surface area contributed by atoms with Gasteiger partial charge in [-0.3, -0.25) is 14.4 Å². The molecule has 0 aliphatic rings. The van der Waals surface area contributed by atoms with Crippen LogP contribution < -0.4 is 10.9 Å². The lowest BCUT2D eigenvalue weighted by molar-refractivity contribution is -0.135. The van der Waals surface area contributed by atoms with Crippen molar-refractivity contribution in [2.24, 2.45) is 0 Å². The fraction of sp³-hybridized carbons (Fsp3) is 0.261. The van der Waals surface area contributed by atoms with E-state index in [0.717, 1.165) is 21.7 Å². The predicted molar refractivity (Wildman–Crippen MR) is 122 cm³/mol. The molecule has 32 heavy (non-hydrogen) atoms. The molecule has 0 saturated heterocycles. The van der Waals surface area contributed by atoms with Gasteiger partial charge in [0.2, 0.25) is 0 Å². The first kappa shape index (κ1) is 23.5. The minimum atomic E-state index is -1.30. The fourth-order valence-electron chi connectivity index (χ4n) is 3.36. The van der Waals surface area contributed by atoms with Crippen LogP contribution in [0.1, 0.15) is 47.8 Å². The largest absolute Gasteiger partial charge is 0.506 e. The molecule has 0 aliphatic heterocycles. The van der Waals surface area contributed by atoms with Crippen LogP contribution in [0.3, 0.4) is 0 Å². The highest BCUT2D eigenvalue weighted by molar-refractivity contribution is 9.10. The van der Waals surface area contributed by atoms with E-state index in [1.807, 2.05) is 23.5 Å². The molecular weight excluding hydrogens is 483 g/mol. The quantitative estimate of drug-likeness (QED) is 0.420. The van der Waals surface area contributed by atoms with Crippen molar-refractivity contribution in [3.63, 3.8) is 0 Å². The monoisotopic (exact) mass is 504 g/mol. The van der Waals surface area contributed by atoms with Crippen molar-refractivity contribution in [2.45, 2.75) is 32.6 Å². The maximum absolute atomic E-state index is 14.8. The number of H-pyrrole nitrogens is 1. The number of nitrogens with one attached hydrogen (secondary N) is 2. The number of aromatic amines is 1. The first-order chi connectivity index (χ1) is 14.9. The van der Waals surface area contributed by atoms with E-state index < -0.39 is 41.1 Å². The average molecular weight is 505 g/mol. The van der Waals surface area contributed by atoms with Gasteiger partial charge in [0.25, 0.3) is 11.5 Å². The second kappa shape index (κ2) is 8.74. The van der Waals surface area contributed by atoms with Gasteiger partial charge >= 0.3 is 5.97 Å². The number of carboxylic acids is 1. The molecule has 3 rings (SSSR count). The predicted octanol–water partition coefficient (Wildman–Crippen LogP) is 3.84. The second-order valence-corrected chi connectivity index (χ2v) is 9.29. The number of carbonyl (C=O) groups is 2. The molecular formula is C23H22BrFN2O5. The standard InChI is InChI=1S/C23H22BrFN2O5/c1-23(2,3)12-5-4-11(15(24)9-12)8-14-16(25)7-6-13-19(14)27-22(32)18(20(13)30)21(31)26-10-17(28)29/h4-7,9H,8,10H2,1-3H3,(H,26,31)(H,28,29)(H2,27,30,32). The Morgan fingerprint density at radius 1 is 1.19 bits per heavy atom. The summed E-state index contributed by atoms with van der Waals surface area (Å²) in [6, 6.07) is 8.18. The van der Waals surface area contributed by atoms with Gasteiger partial charge in [-0.15, -0.1) is 0 Å². The third-order valence-electron chi connectivity index (χ3n) is 5.13. The smallest absolute Gasteiger partial charge is 0.322 e. The zero-order valence-electron chi connectivity index (χ0n) is 17.7. The van der Waals surface area contributed by atoms with Crippen LogP contribution in [0.2, 0.25) is 0 Å². The van der Waals surface area contributed by atoms with E-state index in [1.54, 1.807) is 0 Å². The highest BCUT2D eigenvalue weighted by Gasteiger charge is 2.23. The van der Waals surface area contributed by atoms with Crippen molar-refractivity contribution in [1.29, 1.82) is 0 Å². The average Bonchev–Trinajstić information content (AvgIpc) is 2.69. The number of rotatable bonds is 5. The molecule has 4 N–H and O–H groups in total. The first-order valence-electron chi connectivity index (χ1n) is 9.75. The number of amides is 1. The number of aromatic nitrogens is 1. The van der Waals surface area contributed by atoms with E-state index in [9.17, 15) is 23.9 Å². The van der Waals surface area contributed by atoms with E-state index in [2.05, 4.69) is 41.7 Å². The summed E-state index contributed by atoms with van der Waals surface area (Å²) < 4.78 is 15.5. The summed E-state index contributed by atoms with van der Waals surface area (Å²) in [5, 5.41) is 21.4. The van der Waals surface area contributed by atoms with Crippen LogP contribution in [0, 0.1) is 5.82 Å². The molecule has 0 aliphatic carbocycles. The minimum absolute atomic E-state index is 0.0640. The van der Waals surface area contributed by atoms with Crippen molar-refractivity contribution in [3.8, 4) is 5.75 Å². The van der Waals surface area contributed by atoms with Crippen molar-refractivity contribution >= 4 is 38.7 Å². The molecule has 1 amide bonds. The number of hydrogen-bond donors (Lipinski definition) is 4. The van der Waals surface area contributed by atoms with Gasteiger partial charge < -0.3 is 20.5 Å². The topological polar surface area (TPSA) is 119 Å². The van der Waals surface area contributed by atoms with E-state index in [0.29, 0.717) is 0 Å². The molecule has 9 heteroatoms. The summed E-state index contributed by atoms with van der Waals surface area (Å²) in [6.07, 6.45) is 0.119. The molecule has 0 bridgehead atoms. The lowest BCUT2D eigenvalue weighted by Gasteiger charge is -2.20. The molecule has 0 atom stereocenters. The highest BCUT2D eigenvalue weighted by atomic mass is 79.9. The summed E-state index contributed by atoms with van der Waals surface area (Å²) in [5.74, 6) is -3.57. The number of fused-ring (bicyclic) bond motifs is 1. The number of hydrogen-bond acceptors (Lipinski definition) is 4. The number of aromatic hydroxyl groups is 1. The zero-order chi connectivity index (χ0) is 23.8. The molecule has 1 aromatic heterocycles. The fourth-order valence-corrected chi connectivity index (χ4v) is 3.88. The van der Waals surface area contributed by atoms with E-state index in [1.165, 1.54) is 6.07 Å². The first-order valence-corrected chi connectivity index (χ1v) is 10.5. The van der Waals surface area contributed by atoms with Crippen LogP contribution in [0.25, 0.3) is 10.9 Å². The van der Waals surface area contributed by atoms with Crippen LogP contribution in [0.15, 0.2) is 39.6 Å². The number of carboxylic acid groups (broad SMARTS) is 1. The number of carbonyl (C=O) groups excluding carboxylic acids is 1. The van der Waals surface area contributed by atoms with Crippen LogP contribution in [-0.2, 0) is 16.6 Å². The summed E-state index contributed by atoms with van der Waals surface area (Å²) in [6.45, 7) is 5.52. The van der Waals surface area contributed by atoms with Gasteiger partial charge in [0, 0.05) is 21.8 Å². The Labute approximate surface area is 191 Å². The lowest BCUT2D eigenvalue weighted by atomic mass is 9.86. The van der Waals surface area contributed by atoms with E-state index in [4.69, 9.17) is 5.11 Å². The molecule has 0 fully saturated rings. The van der Waals surface area contributed by atoms with Gasteiger partial charge in [-0.25, -0.2) is 4.39 Å². The Kier molecular flexibility index (Phi) is 6.41. The number of benzene rings is 2. The molecule has 2 aromatic carbocycles. The number of aliphatic carboxylic acids is 1. The van der Waals surface area contributed by atoms with Gasteiger partial charge in [-0.05, 0) is 34.7 Å².